The predicted molar refractivity (Wildman–Crippen MR) is 55.8 cm³/mol. The van der Waals surface area contributed by atoms with E-state index in [0.29, 0.717) is 12.4 Å². The van der Waals surface area contributed by atoms with Crippen LogP contribution in [0.4, 0.5) is 0 Å². The monoisotopic (exact) mass is 207 g/mol. The highest BCUT2D eigenvalue weighted by Crippen LogP contribution is 2.15. The van der Waals surface area contributed by atoms with Gasteiger partial charge in [0.2, 0.25) is 5.88 Å². The van der Waals surface area contributed by atoms with Gasteiger partial charge in [-0.25, -0.2) is 4.98 Å². The van der Waals surface area contributed by atoms with E-state index in [-0.39, 0.29) is 0 Å². The van der Waals surface area contributed by atoms with Gasteiger partial charge in [0, 0.05) is 6.07 Å². The fourth-order valence-electron chi connectivity index (χ4n) is 1.45. The maximum Gasteiger partial charge on any atom is 0.215 e. The summed E-state index contributed by atoms with van der Waals surface area (Å²) in [6, 6.07) is 3.61. The zero-order valence-corrected chi connectivity index (χ0v) is 8.71. The van der Waals surface area contributed by atoms with Gasteiger partial charge in [0.1, 0.15) is 5.52 Å². The van der Waals surface area contributed by atoms with E-state index in [9.17, 15) is 5.11 Å². The molecule has 0 saturated heterocycles. The van der Waals surface area contributed by atoms with Crippen molar-refractivity contribution in [2.24, 2.45) is 0 Å². The van der Waals surface area contributed by atoms with Crippen molar-refractivity contribution in [3.63, 3.8) is 0 Å². The first kappa shape index (κ1) is 9.92. The lowest BCUT2D eigenvalue weighted by Gasteiger charge is -2.06. The topological polar surface area (TPSA) is 60.2 Å². The number of methoxy groups -OCH3 is 1. The lowest BCUT2D eigenvalue weighted by Crippen LogP contribution is -2.11. The summed E-state index contributed by atoms with van der Waals surface area (Å²) < 4.78 is 6.84. The number of aliphatic hydroxyl groups is 1. The van der Waals surface area contributed by atoms with Gasteiger partial charge in [-0.15, -0.1) is 0 Å². The lowest BCUT2D eigenvalue weighted by atomic mass is 10.4. The molecule has 0 unspecified atom stereocenters. The number of hydrogen-bond acceptors (Lipinski definition) is 4. The summed E-state index contributed by atoms with van der Waals surface area (Å²) >= 11 is 0. The summed E-state index contributed by atoms with van der Waals surface area (Å²) in [7, 11) is 1.57. The van der Waals surface area contributed by atoms with Crippen LogP contribution in [-0.2, 0) is 6.54 Å². The molecule has 0 fully saturated rings. The highest BCUT2D eigenvalue weighted by molar-refractivity contribution is 5.71. The maximum atomic E-state index is 9.30. The van der Waals surface area contributed by atoms with Crippen molar-refractivity contribution in [1.82, 2.24) is 14.5 Å². The van der Waals surface area contributed by atoms with Crippen LogP contribution in [0.15, 0.2) is 18.5 Å². The summed E-state index contributed by atoms with van der Waals surface area (Å²) in [5.41, 5.74) is 1.53. The Hall–Kier alpha value is -1.62. The molecule has 2 heterocycles. The van der Waals surface area contributed by atoms with Crippen LogP contribution in [0, 0.1) is 0 Å². The van der Waals surface area contributed by atoms with Crippen molar-refractivity contribution in [3.8, 4) is 5.88 Å². The number of aliphatic hydroxyl groups excluding tert-OH is 1. The molecule has 1 atom stereocenters. The molecule has 5 nitrogen and oxygen atoms in total. The molecule has 0 aliphatic carbocycles. The van der Waals surface area contributed by atoms with Crippen LogP contribution in [0.25, 0.3) is 11.2 Å². The minimum Gasteiger partial charge on any atom is -0.481 e. The van der Waals surface area contributed by atoms with E-state index in [4.69, 9.17) is 4.74 Å². The van der Waals surface area contributed by atoms with E-state index in [1.807, 2.05) is 10.6 Å². The zero-order chi connectivity index (χ0) is 10.8. The zero-order valence-electron chi connectivity index (χ0n) is 8.71. The average molecular weight is 207 g/mol. The summed E-state index contributed by atoms with van der Waals surface area (Å²) in [6.07, 6.45) is 1.25. The molecule has 80 valence electrons. The predicted octanol–water partition coefficient (Wildman–Crippen LogP) is 0.821. The van der Waals surface area contributed by atoms with E-state index in [0.717, 1.165) is 11.2 Å². The van der Waals surface area contributed by atoms with E-state index < -0.39 is 6.10 Å². The van der Waals surface area contributed by atoms with Gasteiger partial charge in [0.25, 0.3) is 0 Å². The molecule has 15 heavy (non-hydrogen) atoms. The standard InChI is InChI=1S/C10H13N3O2/c1-7(14)5-13-6-11-8-3-4-9(15-2)12-10(8)13/h3-4,6-7,14H,5H2,1-2H3/t7-/m0/s1. The third-order valence-electron chi connectivity index (χ3n) is 2.11. The van der Waals surface area contributed by atoms with E-state index in [1.165, 1.54) is 0 Å². The normalized spacial score (nSPS) is 13.0. The van der Waals surface area contributed by atoms with Gasteiger partial charge >= 0.3 is 0 Å². The van der Waals surface area contributed by atoms with E-state index in [1.54, 1.807) is 26.4 Å². The SMILES string of the molecule is COc1ccc2ncn(C[C@H](C)O)c2n1. The number of imidazole rings is 1. The molecule has 0 spiro atoms. The Bertz CT molecular complexity index is 465. The van der Waals surface area contributed by atoms with E-state index >= 15 is 0 Å². The van der Waals surface area contributed by atoms with Gasteiger partial charge < -0.3 is 14.4 Å². The number of fused-ring (bicyclic) bond motifs is 1. The van der Waals surface area contributed by atoms with Crippen LogP contribution in [0.5, 0.6) is 5.88 Å². The average Bonchev–Trinajstić information content (AvgIpc) is 2.60. The maximum absolute atomic E-state index is 9.30. The summed E-state index contributed by atoms with van der Waals surface area (Å²) in [5.74, 6) is 0.551. The highest BCUT2D eigenvalue weighted by Gasteiger charge is 2.07. The number of ether oxygens (including phenoxy) is 1. The van der Waals surface area contributed by atoms with Gasteiger partial charge in [-0.3, -0.25) is 0 Å². The van der Waals surface area contributed by atoms with Crippen molar-refractivity contribution < 1.29 is 9.84 Å². The minimum atomic E-state index is -0.421. The van der Waals surface area contributed by atoms with Gasteiger partial charge in [-0.2, -0.15) is 4.98 Å². The molecule has 2 rings (SSSR count). The second kappa shape index (κ2) is 3.86. The third-order valence-corrected chi connectivity index (χ3v) is 2.11. The summed E-state index contributed by atoms with van der Waals surface area (Å²) in [6.45, 7) is 2.21. The Kier molecular flexibility index (Phi) is 2.55. The first-order valence-electron chi connectivity index (χ1n) is 4.74. The summed E-state index contributed by atoms with van der Waals surface area (Å²) in [5, 5.41) is 9.30. The molecule has 1 N–H and O–H groups in total. The van der Waals surface area contributed by atoms with Crippen molar-refractivity contribution in [2.45, 2.75) is 19.6 Å². The Balaban J connectivity index is 2.46. The molecule has 5 heteroatoms. The number of rotatable bonds is 3. The van der Waals surface area contributed by atoms with E-state index in [2.05, 4.69) is 9.97 Å². The second-order valence-electron chi connectivity index (χ2n) is 3.44. The first-order valence-corrected chi connectivity index (χ1v) is 4.74. The number of hydrogen-bond donors (Lipinski definition) is 1. The van der Waals surface area contributed by atoms with Gasteiger partial charge in [0.05, 0.1) is 26.1 Å². The Morgan fingerprint density at radius 2 is 2.33 bits per heavy atom. The van der Waals surface area contributed by atoms with Crippen LogP contribution >= 0.6 is 0 Å². The van der Waals surface area contributed by atoms with Crippen LogP contribution in [0.2, 0.25) is 0 Å². The molecular formula is C10H13N3O2. The smallest absolute Gasteiger partial charge is 0.215 e. The Labute approximate surface area is 87.3 Å². The molecule has 0 radical (unpaired) electrons. The molecule has 0 bridgehead atoms. The fraction of sp³-hybridized carbons (Fsp3) is 0.400. The molecule has 0 amide bonds. The lowest BCUT2D eigenvalue weighted by molar-refractivity contribution is 0.174. The summed E-state index contributed by atoms with van der Waals surface area (Å²) in [4.78, 5) is 8.45. The van der Waals surface area contributed by atoms with Gasteiger partial charge in [-0.05, 0) is 13.0 Å². The molecule has 2 aromatic heterocycles. The molecule has 0 aliphatic rings. The highest BCUT2D eigenvalue weighted by atomic mass is 16.5. The molecule has 0 aromatic carbocycles. The second-order valence-corrected chi connectivity index (χ2v) is 3.44. The Morgan fingerprint density at radius 3 is 3.00 bits per heavy atom. The van der Waals surface area contributed by atoms with Crippen LogP contribution < -0.4 is 4.74 Å². The van der Waals surface area contributed by atoms with Crippen molar-refractivity contribution in [1.29, 1.82) is 0 Å². The van der Waals surface area contributed by atoms with Gasteiger partial charge in [-0.1, -0.05) is 0 Å². The molecule has 0 aliphatic heterocycles. The van der Waals surface area contributed by atoms with Crippen molar-refractivity contribution >= 4 is 11.2 Å². The number of pyridine rings is 1. The quantitative estimate of drug-likeness (QED) is 0.809. The Morgan fingerprint density at radius 1 is 1.53 bits per heavy atom. The van der Waals surface area contributed by atoms with Crippen LogP contribution in [0.1, 0.15) is 6.92 Å². The first-order chi connectivity index (χ1) is 7.20. The van der Waals surface area contributed by atoms with Crippen LogP contribution in [0.3, 0.4) is 0 Å². The largest absolute Gasteiger partial charge is 0.481 e. The van der Waals surface area contributed by atoms with Crippen LogP contribution in [-0.4, -0.2) is 32.9 Å². The number of nitrogens with zero attached hydrogens (tertiary/aromatic N) is 3. The van der Waals surface area contributed by atoms with Gasteiger partial charge in [0.15, 0.2) is 5.65 Å². The number of aromatic nitrogens is 3. The fourth-order valence-corrected chi connectivity index (χ4v) is 1.45. The minimum absolute atomic E-state index is 0.421. The molecule has 0 saturated carbocycles. The van der Waals surface area contributed by atoms with Crippen molar-refractivity contribution in [2.75, 3.05) is 7.11 Å². The molecule has 2 aromatic rings. The van der Waals surface area contributed by atoms with Crippen molar-refractivity contribution in [3.05, 3.63) is 18.5 Å². The third kappa shape index (κ3) is 1.92. The molecular weight excluding hydrogens is 194 g/mol.